The lowest BCUT2D eigenvalue weighted by Crippen LogP contribution is -2.40. The standard InChI is InChI=1S/C15H20N2O3/c1-10-6-7-11(15(19)20)9-13(10)17-14(18)12-5-3-2-4-8-16-12/h6-7,9,12,16H,2-5,8H2,1H3,(H,17,18)(H,19,20). The number of hydrogen-bond acceptors (Lipinski definition) is 3. The Bertz CT molecular complexity index is 506. The fourth-order valence-corrected chi connectivity index (χ4v) is 2.36. The van der Waals surface area contributed by atoms with Crippen molar-refractivity contribution in [1.82, 2.24) is 5.32 Å². The van der Waals surface area contributed by atoms with Crippen molar-refractivity contribution in [3.63, 3.8) is 0 Å². The average molecular weight is 276 g/mol. The molecule has 1 heterocycles. The van der Waals surface area contributed by atoms with Crippen LogP contribution in [0.4, 0.5) is 5.69 Å². The van der Waals surface area contributed by atoms with E-state index in [1.165, 1.54) is 12.1 Å². The second-order valence-electron chi connectivity index (χ2n) is 5.18. The van der Waals surface area contributed by atoms with E-state index in [4.69, 9.17) is 5.11 Å². The molecule has 2 rings (SSSR count). The highest BCUT2D eigenvalue weighted by molar-refractivity contribution is 5.97. The molecule has 5 heteroatoms. The Balaban J connectivity index is 2.10. The Morgan fingerprint density at radius 2 is 2.10 bits per heavy atom. The second-order valence-corrected chi connectivity index (χ2v) is 5.18. The number of carboxylic acids is 1. The molecule has 1 aliphatic rings. The van der Waals surface area contributed by atoms with Crippen molar-refractivity contribution in [1.29, 1.82) is 0 Å². The van der Waals surface area contributed by atoms with Crippen LogP contribution >= 0.6 is 0 Å². The molecule has 5 nitrogen and oxygen atoms in total. The third kappa shape index (κ3) is 3.57. The molecule has 0 bridgehead atoms. The first-order chi connectivity index (χ1) is 9.58. The van der Waals surface area contributed by atoms with E-state index in [1.54, 1.807) is 6.07 Å². The highest BCUT2D eigenvalue weighted by Crippen LogP contribution is 2.18. The normalized spacial score (nSPS) is 19.1. The summed E-state index contributed by atoms with van der Waals surface area (Å²) >= 11 is 0. The van der Waals surface area contributed by atoms with Gasteiger partial charge in [-0.1, -0.05) is 18.9 Å². The molecule has 1 saturated heterocycles. The third-order valence-corrected chi connectivity index (χ3v) is 3.62. The number of hydrogen-bond donors (Lipinski definition) is 3. The third-order valence-electron chi connectivity index (χ3n) is 3.62. The van der Waals surface area contributed by atoms with Crippen LogP contribution in [0, 0.1) is 6.92 Å². The van der Waals surface area contributed by atoms with Crippen LogP contribution in [-0.4, -0.2) is 29.6 Å². The molecule has 0 aromatic heterocycles. The summed E-state index contributed by atoms with van der Waals surface area (Å²) in [4.78, 5) is 23.2. The van der Waals surface area contributed by atoms with Gasteiger partial charge in [0, 0.05) is 5.69 Å². The number of rotatable bonds is 3. The van der Waals surface area contributed by atoms with Gasteiger partial charge in [0.05, 0.1) is 11.6 Å². The lowest BCUT2D eigenvalue weighted by Gasteiger charge is -2.17. The van der Waals surface area contributed by atoms with E-state index in [2.05, 4.69) is 10.6 Å². The summed E-state index contributed by atoms with van der Waals surface area (Å²) in [7, 11) is 0. The summed E-state index contributed by atoms with van der Waals surface area (Å²) in [6, 6.07) is 4.56. The number of carboxylic acid groups (broad SMARTS) is 1. The summed E-state index contributed by atoms with van der Waals surface area (Å²) < 4.78 is 0. The van der Waals surface area contributed by atoms with Gasteiger partial charge in [-0.2, -0.15) is 0 Å². The largest absolute Gasteiger partial charge is 0.478 e. The predicted molar refractivity (Wildman–Crippen MR) is 77.0 cm³/mol. The summed E-state index contributed by atoms with van der Waals surface area (Å²) in [5.41, 5.74) is 1.61. The zero-order valence-electron chi connectivity index (χ0n) is 11.6. The first-order valence-corrected chi connectivity index (χ1v) is 6.96. The number of aryl methyl sites for hydroxylation is 1. The molecule has 1 fully saturated rings. The second kappa shape index (κ2) is 6.52. The lowest BCUT2D eigenvalue weighted by atomic mass is 10.1. The van der Waals surface area contributed by atoms with Crippen molar-refractivity contribution in [2.45, 2.75) is 38.6 Å². The minimum Gasteiger partial charge on any atom is -0.478 e. The van der Waals surface area contributed by atoms with Gasteiger partial charge in [-0.15, -0.1) is 0 Å². The SMILES string of the molecule is Cc1ccc(C(=O)O)cc1NC(=O)C1CCCCCN1. The van der Waals surface area contributed by atoms with E-state index >= 15 is 0 Å². The molecule has 1 aromatic carbocycles. The fourth-order valence-electron chi connectivity index (χ4n) is 2.36. The molecule has 0 saturated carbocycles. The van der Waals surface area contributed by atoms with Crippen LogP contribution in [0.1, 0.15) is 41.6 Å². The topological polar surface area (TPSA) is 78.4 Å². The molecule has 1 aromatic rings. The molecule has 1 aliphatic heterocycles. The molecule has 0 radical (unpaired) electrons. The van der Waals surface area contributed by atoms with Crippen molar-refractivity contribution in [2.75, 3.05) is 11.9 Å². The molecular formula is C15H20N2O3. The smallest absolute Gasteiger partial charge is 0.335 e. The number of anilines is 1. The van der Waals surface area contributed by atoms with Crippen LogP contribution in [0.5, 0.6) is 0 Å². The van der Waals surface area contributed by atoms with Crippen molar-refractivity contribution in [3.05, 3.63) is 29.3 Å². The van der Waals surface area contributed by atoms with Gasteiger partial charge in [0.1, 0.15) is 0 Å². The van der Waals surface area contributed by atoms with Crippen molar-refractivity contribution < 1.29 is 14.7 Å². The fraction of sp³-hybridized carbons (Fsp3) is 0.467. The van der Waals surface area contributed by atoms with Gasteiger partial charge < -0.3 is 15.7 Å². The minimum atomic E-state index is -0.993. The number of amides is 1. The summed E-state index contributed by atoms with van der Waals surface area (Å²) in [5, 5.41) is 15.1. The summed E-state index contributed by atoms with van der Waals surface area (Å²) in [6.07, 6.45) is 4.10. The summed E-state index contributed by atoms with van der Waals surface area (Å²) in [5.74, 6) is -1.08. The number of aromatic carboxylic acids is 1. The maximum absolute atomic E-state index is 12.2. The van der Waals surface area contributed by atoms with Crippen LogP contribution in [0.2, 0.25) is 0 Å². The van der Waals surface area contributed by atoms with Crippen LogP contribution in [-0.2, 0) is 4.79 Å². The Morgan fingerprint density at radius 3 is 2.85 bits per heavy atom. The first-order valence-electron chi connectivity index (χ1n) is 6.96. The lowest BCUT2D eigenvalue weighted by molar-refractivity contribution is -0.118. The summed E-state index contributed by atoms with van der Waals surface area (Å²) in [6.45, 7) is 2.70. The zero-order chi connectivity index (χ0) is 14.5. The molecular weight excluding hydrogens is 256 g/mol. The van der Waals surface area contributed by atoms with Gasteiger partial charge in [-0.3, -0.25) is 4.79 Å². The Labute approximate surface area is 118 Å². The van der Waals surface area contributed by atoms with Gasteiger partial charge in [-0.05, 0) is 44.0 Å². The number of carbonyl (C=O) groups is 2. The zero-order valence-corrected chi connectivity index (χ0v) is 11.6. The van der Waals surface area contributed by atoms with E-state index < -0.39 is 5.97 Å². The number of nitrogens with one attached hydrogen (secondary N) is 2. The van der Waals surface area contributed by atoms with E-state index in [0.717, 1.165) is 37.8 Å². The van der Waals surface area contributed by atoms with Gasteiger partial charge in [0.15, 0.2) is 0 Å². The van der Waals surface area contributed by atoms with Crippen molar-refractivity contribution in [2.24, 2.45) is 0 Å². The number of benzene rings is 1. The van der Waals surface area contributed by atoms with Crippen LogP contribution in [0.15, 0.2) is 18.2 Å². The minimum absolute atomic E-state index is 0.0856. The van der Waals surface area contributed by atoms with E-state index in [0.29, 0.717) is 5.69 Å². The predicted octanol–water partition coefficient (Wildman–Crippen LogP) is 2.16. The molecule has 3 N–H and O–H groups in total. The van der Waals surface area contributed by atoms with Gasteiger partial charge in [0.25, 0.3) is 0 Å². The molecule has 1 amide bonds. The first kappa shape index (κ1) is 14.5. The monoisotopic (exact) mass is 276 g/mol. The molecule has 0 spiro atoms. The average Bonchev–Trinajstić information content (AvgIpc) is 2.70. The van der Waals surface area contributed by atoms with Crippen LogP contribution in [0.25, 0.3) is 0 Å². The number of carbonyl (C=O) groups excluding carboxylic acids is 1. The van der Waals surface area contributed by atoms with Crippen molar-refractivity contribution >= 4 is 17.6 Å². The highest BCUT2D eigenvalue weighted by atomic mass is 16.4. The quantitative estimate of drug-likeness (QED) is 0.790. The van der Waals surface area contributed by atoms with Gasteiger partial charge in [-0.25, -0.2) is 4.79 Å². The molecule has 1 atom stereocenters. The van der Waals surface area contributed by atoms with Crippen LogP contribution in [0.3, 0.4) is 0 Å². The molecule has 0 aliphatic carbocycles. The Kier molecular flexibility index (Phi) is 4.74. The van der Waals surface area contributed by atoms with Gasteiger partial charge >= 0.3 is 5.97 Å². The maximum Gasteiger partial charge on any atom is 0.335 e. The van der Waals surface area contributed by atoms with E-state index in [9.17, 15) is 9.59 Å². The highest BCUT2D eigenvalue weighted by Gasteiger charge is 2.20. The maximum atomic E-state index is 12.2. The van der Waals surface area contributed by atoms with E-state index in [-0.39, 0.29) is 17.5 Å². The van der Waals surface area contributed by atoms with Gasteiger partial charge in [0.2, 0.25) is 5.91 Å². The Hall–Kier alpha value is -1.88. The molecule has 108 valence electrons. The van der Waals surface area contributed by atoms with Crippen LogP contribution < -0.4 is 10.6 Å². The van der Waals surface area contributed by atoms with Crippen molar-refractivity contribution in [3.8, 4) is 0 Å². The molecule has 20 heavy (non-hydrogen) atoms. The van der Waals surface area contributed by atoms with E-state index in [1.807, 2.05) is 6.92 Å². The Morgan fingerprint density at radius 1 is 1.30 bits per heavy atom. The molecule has 1 unspecified atom stereocenters.